The van der Waals surface area contributed by atoms with E-state index < -0.39 is 6.10 Å². The highest BCUT2D eigenvalue weighted by Gasteiger charge is 2.28. The van der Waals surface area contributed by atoms with Crippen molar-refractivity contribution in [2.24, 2.45) is 13.0 Å². The van der Waals surface area contributed by atoms with E-state index in [1.807, 2.05) is 43.5 Å². The highest BCUT2D eigenvalue weighted by Crippen LogP contribution is 2.36. The second-order valence-electron chi connectivity index (χ2n) is 8.84. The molecule has 0 amide bonds. The Kier molecular flexibility index (Phi) is 7.57. The summed E-state index contributed by atoms with van der Waals surface area (Å²) >= 11 is 0. The standard InChI is InChI=1S/C27H32FN3O2/c1-3-4-12-23(32)18-31(17-20-14-15-20)19-25-26(21-9-6-5-7-10-21)29-30(2)27(25)33-24-13-8-11-22(28)16-24/h3,5-11,13,16,20,23,32H,1,4,12,14-15,17-19H2,2H3/t23-/m1/s1. The molecule has 0 aliphatic heterocycles. The van der Waals surface area contributed by atoms with Crippen molar-refractivity contribution in [2.45, 2.75) is 38.3 Å². The molecular weight excluding hydrogens is 417 g/mol. The Labute approximate surface area is 195 Å². The van der Waals surface area contributed by atoms with Crippen molar-refractivity contribution in [1.82, 2.24) is 14.7 Å². The summed E-state index contributed by atoms with van der Waals surface area (Å²) < 4.78 is 21.7. The summed E-state index contributed by atoms with van der Waals surface area (Å²) in [5.74, 6) is 1.33. The zero-order valence-corrected chi connectivity index (χ0v) is 19.2. The fraction of sp³-hybridized carbons (Fsp3) is 0.370. The molecule has 1 fully saturated rings. The van der Waals surface area contributed by atoms with Crippen LogP contribution in [-0.4, -0.2) is 39.0 Å². The summed E-state index contributed by atoms with van der Waals surface area (Å²) in [5, 5.41) is 15.4. The number of hydrogen-bond acceptors (Lipinski definition) is 4. The van der Waals surface area contributed by atoms with E-state index in [4.69, 9.17) is 9.84 Å². The second kappa shape index (κ2) is 10.8. The molecule has 0 spiro atoms. The average Bonchev–Trinajstić information content (AvgIpc) is 3.57. The van der Waals surface area contributed by atoms with E-state index in [0.29, 0.717) is 37.1 Å². The molecule has 1 atom stereocenters. The number of ether oxygens (including phenoxy) is 1. The van der Waals surface area contributed by atoms with Gasteiger partial charge >= 0.3 is 0 Å². The van der Waals surface area contributed by atoms with Crippen LogP contribution in [-0.2, 0) is 13.6 Å². The van der Waals surface area contributed by atoms with E-state index >= 15 is 0 Å². The number of rotatable bonds is 12. The van der Waals surface area contributed by atoms with Crippen molar-refractivity contribution >= 4 is 0 Å². The third-order valence-electron chi connectivity index (χ3n) is 5.91. The van der Waals surface area contributed by atoms with Gasteiger partial charge < -0.3 is 9.84 Å². The Balaban J connectivity index is 1.67. The molecule has 0 saturated heterocycles. The lowest BCUT2D eigenvalue weighted by molar-refractivity contribution is 0.0992. The van der Waals surface area contributed by atoms with Crippen molar-refractivity contribution in [3.05, 3.63) is 78.6 Å². The highest BCUT2D eigenvalue weighted by molar-refractivity contribution is 5.65. The molecule has 5 nitrogen and oxygen atoms in total. The number of aliphatic hydroxyl groups is 1. The van der Waals surface area contributed by atoms with Gasteiger partial charge in [0, 0.05) is 38.3 Å². The summed E-state index contributed by atoms with van der Waals surface area (Å²) in [4.78, 5) is 2.30. The largest absolute Gasteiger partial charge is 0.439 e. The molecule has 0 unspecified atom stereocenters. The third kappa shape index (κ3) is 6.30. The summed E-state index contributed by atoms with van der Waals surface area (Å²) in [6, 6.07) is 16.2. The minimum Gasteiger partial charge on any atom is -0.439 e. The van der Waals surface area contributed by atoms with E-state index in [2.05, 4.69) is 11.5 Å². The maximum Gasteiger partial charge on any atom is 0.222 e. The molecule has 1 aromatic heterocycles. The van der Waals surface area contributed by atoms with Gasteiger partial charge in [-0.3, -0.25) is 4.90 Å². The number of benzene rings is 2. The maximum absolute atomic E-state index is 13.8. The fourth-order valence-corrected chi connectivity index (χ4v) is 4.09. The predicted molar refractivity (Wildman–Crippen MR) is 129 cm³/mol. The molecule has 6 heteroatoms. The Bertz CT molecular complexity index is 1060. The Hall–Kier alpha value is -2.96. The van der Waals surface area contributed by atoms with Crippen LogP contribution in [0.3, 0.4) is 0 Å². The first-order chi connectivity index (χ1) is 16.0. The number of aryl methyl sites for hydroxylation is 1. The van der Waals surface area contributed by atoms with Gasteiger partial charge in [0.05, 0.1) is 11.7 Å². The summed E-state index contributed by atoms with van der Waals surface area (Å²) in [6.45, 7) is 5.85. The Morgan fingerprint density at radius 2 is 2.03 bits per heavy atom. The predicted octanol–water partition coefficient (Wildman–Crippen LogP) is 5.56. The molecule has 2 aromatic carbocycles. The number of aliphatic hydroxyl groups excluding tert-OH is 1. The second-order valence-corrected chi connectivity index (χ2v) is 8.84. The molecule has 3 aromatic rings. The van der Waals surface area contributed by atoms with Crippen LogP contribution in [0.4, 0.5) is 4.39 Å². The number of hydrogen-bond donors (Lipinski definition) is 1. The van der Waals surface area contributed by atoms with Gasteiger partial charge in [-0.25, -0.2) is 9.07 Å². The normalized spacial score (nSPS) is 14.4. The van der Waals surface area contributed by atoms with Crippen molar-refractivity contribution in [1.29, 1.82) is 0 Å². The Morgan fingerprint density at radius 1 is 1.24 bits per heavy atom. The quantitative estimate of drug-likeness (QED) is 0.368. The molecule has 1 aliphatic rings. The van der Waals surface area contributed by atoms with Crippen LogP contribution in [0.25, 0.3) is 11.3 Å². The smallest absolute Gasteiger partial charge is 0.222 e. The zero-order chi connectivity index (χ0) is 23.2. The van der Waals surface area contributed by atoms with Gasteiger partial charge in [-0.15, -0.1) is 6.58 Å². The third-order valence-corrected chi connectivity index (χ3v) is 5.91. The lowest BCUT2D eigenvalue weighted by Crippen LogP contribution is -2.33. The first-order valence-corrected chi connectivity index (χ1v) is 11.6. The van der Waals surface area contributed by atoms with Crippen molar-refractivity contribution in [2.75, 3.05) is 13.1 Å². The van der Waals surface area contributed by atoms with E-state index in [1.54, 1.807) is 16.8 Å². The number of aromatic nitrogens is 2. The molecule has 4 rings (SSSR count). The molecule has 0 bridgehead atoms. The topological polar surface area (TPSA) is 50.5 Å². The minimum atomic E-state index is -0.425. The number of nitrogens with zero attached hydrogens (tertiary/aromatic N) is 3. The maximum atomic E-state index is 13.8. The van der Waals surface area contributed by atoms with Gasteiger partial charge in [0.25, 0.3) is 0 Å². The van der Waals surface area contributed by atoms with Gasteiger partial charge in [0.15, 0.2) is 0 Å². The molecular formula is C27H32FN3O2. The van der Waals surface area contributed by atoms with Gasteiger partial charge in [-0.2, -0.15) is 5.10 Å². The summed E-state index contributed by atoms with van der Waals surface area (Å²) in [5.41, 5.74) is 2.77. The lowest BCUT2D eigenvalue weighted by atomic mass is 10.1. The van der Waals surface area contributed by atoms with Crippen LogP contribution >= 0.6 is 0 Å². The molecule has 1 saturated carbocycles. The van der Waals surface area contributed by atoms with Crippen molar-refractivity contribution in [3.8, 4) is 22.9 Å². The SMILES string of the molecule is C=CCC[C@@H](O)CN(Cc1c(-c2ccccc2)nn(C)c1Oc1cccc(F)c1)CC1CC1. The van der Waals surface area contributed by atoms with Crippen LogP contribution in [0.15, 0.2) is 67.3 Å². The summed E-state index contributed by atoms with van der Waals surface area (Å²) in [7, 11) is 1.84. The van der Waals surface area contributed by atoms with Crippen LogP contribution in [0.2, 0.25) is 0 Å². The van der Waals surface area contributed by atoms with E-state index in [1.165, 1.54) is 25.0 Å². The number of allylic oxidation sites excluding steroid dienone is 1. The lowest BCUT2D eigenvalue weighted by Gasteiger charge is -2.25. The van der Waals surface area contributed by atoms with Crippen LogP contribution in [0.5, 0.6) is 11.6 Å². The average molecular weight is 450 g/mol. The van der Waals surface area contributed by atoms with Gasteiger partial charge in [-0.05, 0) is 43.7 Å². The van der Waals surface area contributed by atoms with Crippen LogP contribution in [0, 0.1) is 11.7 Å². The van der Waals surface area contributed by atoms with Crippen LogP contribution < -0.4 is 4.74 Å². The van der Waals surface area contributed by atoms with Crippen LogP contribution in [0.1, 0.15) is 31.2 Å². The Morgan fingerprint density at radius 3 is 2.73 bits per heavy atom. The van der Waals surface area contributed by atoms with Gasteiger partial charge in [0.2, 0.25) is 5.88 Å². The fourth-order valence-electron chi connectivity index (χ4n) is 4.09. The molecule has 1 N–H and O–H groups in total. The minimum absolute atomic E-state index is 0.347. The van der Waals surface area contributed by atoms with Crippen molar-refractivity contribution in [3.63, 3.8) is 0 Å². The van der Waals surface area contributed by atoms with E-state index in [-0.39, 0.29) is 5.82 Å². The van der Waals surface area contributed by atoms with Gasteiger partial charge in [-0.1, -0.05) is 42.5 Å². The van der Waals surface area contributed by atoms with Gasteiger partial charge in [0.1, 0.15) is 17.3 Å². The monoisotopic (exact) mass is 449 g/mol. The van der Waals surface area contributed by atoms with E-state index in [9.17, 15) is 9.50 Å². The molecule has 1 aliphatic carbocycles. The first kappa shape index (κ1) is 23.2. The highest BCUT2D eigenvalue weighted by atomic mass is 19.1. The van der Waals surface area contributed by atoms with E-state index in [0.717, 1.165) is 29.8 Å². The molecule has 1 heterocycles. The van der Waals surface area contributed by atoms with Crippen molar-refractivity contribution < 1.29 is 14.2 Å². The summed E-state index contributed by atoms with van der Waals surface area (Å²) in [6.07, 6.45) is 5.35. The molecule has 0 radical (unpaired) electrons. The zero-order valence-electron chi connectivity index (χ0n) is 19.2. The number of halogens is 1. The first-order valence-electron chi connectivity index (χ1n) is 11.6. The molecule has 174 valence electrons. The molecule has 33 heavy (non-hydrogen) atoms.